The van der Waals surface area contributed by atoms with E-state index >= 15 is 0 Å². The van der Waals surface area contributed by atoms with Gasteiger partial charge in [0, 0.05) is 15.9 Å². The predicted molar refractivity (Wildman–Crippen MR) is 51.9 cm³/mol. The molecule has 1 nitrogen and oxygen atoms in total. The van der Waals surface area contributed by atoms with Gasteiger partial charge in [-0.25, -0.2) is 0 Å². The van der Waals surface area contributed by atoms with Gasteiger partial charge in [0.2, 0.25) is 0 Å². The molecule has 0 bridgehead atoms. The normalized spacial score (nSPS) is 38.1. The zero-order chi connectivity index (χ0) is 7.61. The van der Waals surface area contributed by atoms with Crippen LogP contribution in [0.3, 0.4) is 0 Å². The van der Waals surface area contributed by atoms with Crippen LogP contribution in [0.15, 0.2) is 0 Å². The van der Waals surface area contributed by atoms with Crippen LogP contribution in [0.4, 0.5) is 0 Å². The molecule has 2 atom stereocenters. The van der Waals surface area contributed by atoms with Crippen molar-refractivity contribution in [2.45, 2.75) is 22.7 Å². The number of halogens is 2. The smallest absolute Gasteiger partial charge is 0.0472 e. The minimum Gasteiger partial charge on any atom is -0.396 e. The van der Waals surface area contributed by atoms with E-state index in [4.69, 9.17) is 16.7 Å². The third kappa shape index (κ3) is 1.98. The fourth-order valence-electron chi connectivity index (χ4n) is 1.25. The highest BCUT2D eigenvalue weighted by Crippen LogP contribution is 2.54. The topological polar surface area (TPSA) is 20.2 Å². The molecule has 0 unspecified atom stereocenters. The Labute approximate surface area is 80.3 Å². The number of aliphatic hydroxyl groups is 1. The predicted octanol–water partition coefficient (Wildman–Crippen LogP) is 2.19. The third-order valence-corrected chi connectivity index (χ3v) is 4.23. The highest BCUT2D eigenvalue weighted by Gasteiger charge is 2.50. The Hall–Kier alpha value is 0.980. The fourth-order valence-corrected chi connectivity index (χ4v) is 2.49. The highest BCUT2D eigenvalue weighted by molar-refractivity contribution is 14.1. The van der Waals surface area contributed by atoms with Crippen molar-refractivity contribution < 1.29 is 5.11 Å². The average Bonchev–Trinajstić information content (AvgIpc) is 2.59. The Kier molecular flexibility index (Phi) is 3.25. The van der Waals surface area contributed by atoms with Crippen molar-refractivity contribution in [2.24, 2.45) is 5.92 Å². The number of aliphatic hydroxyl groups excluding tert-OH is 1. The Balaban J connectivity index is 2.16. The molecule has 0 radical (unpaired) electrons. The summed E-state index contributed by atoms with van der Waals surface area (Å²) in [5.41, 5.74) is 0. The van der Waals surface area contributed by atoms with E-state index in [1.54, 1.807) is 0 Å². The molecule has 1 aliphatic carbocycles. The molecule has 0 spiro atoms. The maximum atomic E-state index is 8.80. The summed E-state index contributed by atoms with van der Waals surface area (Å²) in [6.07, 6.45) is 3.43. The number of alkyl halides is 2. The Bertz CT molecular complexity index is 120. The minimum absolute atomic E-state index is 0.352. The van der Waals surface area contributed by atoms with Crippen molar-refractivity contribution in [1.82, 2.24) is 0 Å². The van der Waals surface area contributed by atoms with Crippen LogP contribution in [0.5, 0.6) is 0 Å². The molecule has 0 aliphatic heterocycles. The van der Waals surface area contributed by atoms with Crippen molar-refractivity contribution in [2.75, 3.05) is 12.5 Å². The van der Waals surface area contributed by atoms with Crippen LogP contribution in [0.25, 0.3) is 0 Å². The first kappa shape index (κ1) is 9.07. The molecule has 0 aromatic heterocycles. The summed E-state index contributed by atoms with van der Waals surface area (Å²) >= 11 is 8.01. The van der Waals surface area contributed by atoms with Gasteiger partial charge >= 0.3 is 0 Å². The van der Waals surface area contributed by atoms with Gasteiger partial charge in [-0.3, -0.25) is 0 Å². The van der Waals surface area contributed by atoms with Crippen molar-refractivity contribution in [3.05, 3.63) is 0 Å². The lowest BCUT2D eigenvalue weighted by molar-refractivity contribution is 0.272. The summed E-state index contributed by atoms with van der Waals surface area (Å²) in [7, 11) is 0. The summed E-state index contributed by atoms with van der Waals surface area (Å²) in [6.45, 7) is 0.352. The molecule has 1 aliphatic rings. The van der Waals surface area contributed by atoms with E-state index in [0.717, 1.165) is 12.3 Å². The van der Waals surface area contributed by atoms with Crippen LogP contribution in [-0.4, -0.2) is 21.0 Å². The van der Waals surface area contributed by atoms with E-state index in [1.807, 2.05) is 0 Å². The van der Waals surface area contributed by atoms with Crippen LogP contribution in [0.2, 0.25) is 0 Å². The molecular weight excluding hydrogens is 262 g/mol. The lowest BCUT2D eigenvalue weighted by atomic mass is 10.2. The van der Waals surface area contributed by atoms with Crippen LogP contribution >= 0.6 is 34.2 Å². The Morgan fingerprint density at radius 2 is 2.40 bits per heavy atom. The molecule has 1 fully saturated rings. The summed E-state index contributed by atoms with van der Waals surface area (Å²) in [5, 5.41) is 8.80. The molecule has 60 valence electrons. The van der Waals surface area contributed by atoms with Crippen molar-refractivity contribution >= 4 is 34.2 Å². The van der Waals surface area contributed by atoms with E-state index in [9.17, 15) is 0 Å². The molecule has 0 aromatic carbocycles. The lowest BCUT2D eigenvalue weighted by Crippen LogP contribution is -2.04. The molecule has 1 saturated carbocycles. The zero-order valence-electron chi connectivity index (χ0n) is 5.82. The van der Waals surface area contributed by atoms with Crippen LogP contribution in [-0.2, 0) is 0 Å². The van der Waals surface area contributed by atoms with Crippen LogP contribution < -0.4 is 0 Å². The molecule has 1 rings (SSSR count). The van der Waals surface area contributed by atoms with Gasteiger partial charge in [-0.2, -0.15) is 0 Å². The first-order valence-electron chi connectivity index (χ1n) is 3.58. The van der Waals surface area contributed by atoms with Gasteiger partial charge in [0.05, 0.1) is 0 Å². The van der Waals surface area contributed by atoms with Gasteiger partial charge in [0.15, 0.2) is 0 Å². The van der Waals surface area contributed by atoms with E-state index in [0.29, 0.717) is 15.9 Å². The van der Waals surface area contributed by atoms with Gasteiger partial charge in [0.25, 0.3) is 0 Å². The average molecular weight is 275 g/mol. The van der Waals surface area contributed by atoms with Crippen molar-refractivity contribution in [1.29, 1.82) is 0 Å². The number of hydrogen-bond acceptors (Lipinski definition) is 1. The van der Waals surface area contributed by atoms with Crippen LogP contribution in [0, 0.1) is 5.92 Å². The molecule has 10 heavy (non-hydrogen) atoms. The maximum Gasteiger partial charge on any atom is 0.0472 e. The van der Waals surface area contributed by atoms with Crippen molar-refractivity contribution in [3.63, 3.8) is 0 Å². The van der Waals surface area contributed by atoms with Crippen LogP contribution in [0.1, 0.15) is 19.3 Å². The van der Waals surface area contributed by atoms with E-state index in [-0.39, 0.29) is 0 Å². The van der Waals surface area contributed by atoms with Gasteiger partial charge in [-0.05, 0) is 25.2 Å². The zero-order valence-corrected chi connectivity index (χ0v) is 8.73. The second-order valence-corrected chi connectivity index (χ2v) is 5.44. The van der Waals surface area contributed by atoms with Gasteiger partial charge in [-0.1, -0.05) is 22.6 Å². The number of rotatable bonds is 4. The number of hydrogen-bond donors (Lipinski definition) is 1. The molecule has 0 heterocycles. The molecule has 0 amide bonds. The SMILES string of the molecule is OC[C@H]1C[C@]1(I)CCCCl. The van der Waals surface area contributed by atoms with E-state index in [2.05, 4.69) is 22.6 Å². The molecule has 3 heteroatoms. The highest BCUT2D eigenvalue weighted by atomic mass is 127. The fraction of sp³-hybridized carbons (Fsp3) is 1.00. The van der Waals surface area contributed by atoms with E-state index in [1.165, 1.54) is 12.8 Å². The Morgan fingerprint density at radius 1 is 1.70 bits per heavy atom. The summed E-state index contributed by atoms with van der Waals surface area (Å²) in [5.74, 6) is 1.31. The van der Waals surface area contributed by atoms with Gasteiger partial charge in [0.1, 0.15) is 0 Å². The monoisotopic (exact) mass is 274 g/mol. The Morgan fingerprint density at radius 3 is 2.80 bits per heavy atom. The van der Waals surface area contributed by atoms with Gasteiger partial charge < -0.3 is 5.11 Å². The quantitative estimate of drug-likeness (QED) is 0.615. The maximum absolute atomic E-state index is 8.80. The first-order chi connectivity index (χ1) is 4.73. The van der Waals surface area contributed by atoms with E-state index < -0.39 is 0 Å². The lowest BCUT2D eigenvalue weighted by Gasteiger charge is -2.05. The molecule has 1 N–H and O–H groups in total. The standard InChI is InChI=1S/C7H12ClIO/c8-3-1-2-7(9)4-6(7)5-10/h6,10H,1-5H2/t6-,7-/m1/s1. The second kappa shape index (κ2) is 3.59. The van der Waals surface area contributed by atoms with Gasteiger partial charge in [-0.15, -0.1) is 11.6 Å². The largest absolute Gasteiger partial charge is 0.396 e. The first-order valence-corrected chi connectivity index (χ1v) is 5.20. The summed E-state index contributed by atoms with van der Waals surface area (Å²) in [4.78, 5) is 0. The minimum atomic E-state index is 0.352. The third-order valence-electron chi connectivity index (χ3n) is 2.10. The molecule has 0 aromatic rings. The summed E-state index contributed by atoms with van der Waals surface area (Å²) < 4.78 is 0.404. The van der Waals surface area contributed by atoms with Crippen molar-refractivity contribution in [3.8, 4) is 0 Å². The molecule has 0 saturated heterocycles. The second-order valence-electron chi connectivity index (χ2n) is 2.91. The molecular formula is C7H12ClIO. The summed E-state index contributed by atoms with van der Waals surface area (Å²) in [6, 6.07) is 0.